The fourth-order valence-corrected chi connectivity index (χ4v) is 4.20. The summed E-state index contributed by atoms with van der Waals surface area (Å²) in [4.78, 5) is 11.0. The van der Waals surface area contributed by atoms with Crippen LogP contribution < -0.4 is 9.92 Å². The zero-order chi connectivity index (χ0) is 14.0. The predicted molar refractivity (Wildman–Crippen MR) is 74.8 cm³/mol. The van der Waals surface area contributed by atoms with Crippen LogP contribution in [0.2, 0.25) is 0 Å². The maximum Gasteiger partial charge on any atom is 0.348 e. The van der Waals surface area contributed by atoms with Crippen LogP contribution in [0.4, 0.5) is 0 Å². The number of primary amides is 1. The van der Waals surface area contributed by atoms with E-state index >= 15 is 0 Å². The van der Waals surface area contributed by atoms with Gasteiger partial charge in [0.15, 0.2) is 4.21 Å². The Morgan fingerprint density at radius 2 is 2.00 bits per heavy atom. The first-order valence-corrected chi connectivity index (χ1v) is 8.00. The van der Waals surface area contributed by atoms with Crippen molar-refractivity contribution in [2.45, 2.75) is 4.21 Å². The SMILES string of the molecule is NC(=O)c1cccc(OS(=O)(=O)c2ccc(Br)s2)c1. The Kier molecular flexibility index (Phi) is 3.93. The van der Waals surface area contributed by atoms with Crippen LogP contribution in [0, 0.1) is 0 Å². The highest BCUT2D eigenvalue weighted by molar-refractivity contribution is 9.11. The van der Waals surface area contributed by atoms with E-state index in [1.165, 1.54) is 30.3 Å². The second-order valence-corrected chi connectivity index (χ2v) is 7.72. The second-order valence-electron chi connectivity index (χ2n) is 3.49. The molecule has 0 spiro atoms. The molecule has 1 heterocycles. The molecule has 1 amide bonds. The molecule has 0 aliphatic heterocycles. The van der Waals surface area contributed by atoms with Gasteiger partial charge in [-0.15, -0.1) is 11.3 Å². The summed E-state index contributed by atoms with van der Waals surface area (Å²) in [5, 5.41) is 0. The first-order chi connectivity index (χ1) is 8.88. The van der Waals surface area contributed by atoms with Gasteiger partial charge in [0.2, 0.25) is 5.91 Å². The quantitative estimate of drug-likeness (QED) is 0.846. The van der Waals surface area contributed by atoms with Gasteiger partial charge in [-0.25, -0.2) is 0 Å². The maximum atomic E-state index is 11.9. The number of benzene rings is 1. The van der Waals surface area contributed by atoms with Gasteiger partial charge in [0.1, 0.15) is 5.75 Å². The standard InChI is InChI=1S/C11H8BrNO4S2/c12-9-4-5-10(18-9)19(15,16)17-8-3-1-2-7(6-8)11(13)14/h1-6H,(H2,13,14). The number of halogens is 1. The fourth-order valence-electron chi connectivity index (χ4n) is 1.30. The van der Waals surface area contributed by atoms with Gasteiger partial charge in [0.05, 0.1) is 3.79 Å². The van der Waals surface area contributed by atoms with Crippen molar-refractivity contribution in [2.24, 2.45) is 5.73 Å². The molecule has 1 aromatic heterocycles. The number of hydrogen-bond acceptors (Lipinski definition) is 5. The van der Waals surface area contributed by atoms with E-state index in [2.05, 4.69) is 15.9 Å². The van der Waals surface area contributed by atoms with Crippen molar-refractivity contribution in [3.63, 3.8) is 0 Å². The highest BCUT2D eigenvalue weighted by atomic mass is 79.9. The number of thiophene rings is 1. The molecule has 0 fully saturated rings. The fraction of sp³-hybridized carbons (Fsp3) is 0. The highest BCUT2D eigenvalue weighted by Gasteiger charge is 2.19. The molecule has 100 valence electrons. The Hall–Kier alpha value is -1.38. The summed E-state index contributed by atoms with van der Waals surface area (Å²) in [7, 11) is -3.90. The van der Waals surface area contributed by atoms with E-state index in [1.807, 2.05) is 0 Å². The summed E-state index contributed by atoms with van der Waals surface area (Å²) in [6.45, 7) is 0. The zero-order valence-electron chi connectivity index (χ0n) is 9.37. The van der Waals surface area contributed by atoms with E-state index in [9.17, 15) is 13.2 Å². The van der Waals surface area contributed by atoms with Crippen molar-refractivity contribution < 1.29 is 17.4 Å². The lowest BCUT2D eigenvalue weighted by Crippen LogP contribution is -2.12. The van der Waals surface area contributed by atoms with Crippen LogP contribution in [0.1, 0.15) is 10.4 Å². The topological polar surface area (TPSA) is 86.5 Å². The first kappa shape index (κ1) is 14.0. The molecule has 0 unspecified atom stereocenters. The average Bonchev–Trinajstić information content (AvgIpc) is 2.76. The van der Waals surface area contributed by atoms with Crippen LogP contribution in [-0.2, 0) is 10.1 Å². The molecule has 0 atom stereocenters. The third kappa shape index (κ3) is 3.34. The Bertz CT molecular complexity index is 724. The van der Waals surface area contributed by atoms with E-state index in [-0.39, 0.29) is 15.5 Å². The molecule has 0 aliphatic rings. The van der Waals surface area contributed by atoms with Gasteiger partial charge < -0.3 is 9.92 Å². The number of rotatable bonds is 4. The van der Waals surface area contributed by atoms with Crippen LogP contribution in [0.3, 0.4) is 0 Å². The number of hydrogen-bond donors (Lipinski definition) is 1. The molecular weight excluding hydrogens is 354 g/mol. The number of carbonyl (C=O) groups is 1. The largest absolute Gasteiger partial charge is 0.378 e. The monoisotopic (exact) mass is 361 g/mol. The minimum atomic E-state index is -3.90. The predicted octanol–water partition coefficient (Wildman–Crippen LogP) is 2.38. The summed E-state index contributed by atoms with van der Waals surface area (Å²) in [6, 6.07) is 8.73. The Balaban J connectivity index is 2.30. The summed E-state index contributed by atoms with van der Waals surface area (Å²) < 4.78 is 29.6. The molecule has 0 saturated heterocycles. The molecule has 8 heteroatoms. The average molecular weight is 362 g/mol. The Morgan fingerprint density at radius 3 is 2.58 bits per heavy atom. The lowest BCUT2D eigenvalue weighted by molar-refractivity contribution is 0.1000. The molecule has 2 rings (SSSR count). The molecule has 2 aromatic rings. The molecule has 0 saturated carbocycles. The molecule has 2 N–H and O–H groups in total. The van der Waals surface area contributed by atoms with Crippen molar-refractivity contribution in [1.82, 2.24) is 0 Å². The molecule has 19 heavy (non-hydrogen) atoms. The van der Waals surface area contributed by atoms with Gasteiger partial charge in [-0.05, 0) is 46.3 Å². The smallest absolute Gasteiger partial charge is 0.348 e. The van der Waals surface area contributed by atoms with Gasteiger partial charge in [0.25, 0.3) is 0 Å². The molecular formula is C11H8BrNO4S2. The van der Waals surface area contributed by atoms with Crippen molar-refractivity contribution >= 4 is 43.3 Å². The second kappa shape index (κ2) is 5.32. The normalized spacial score (nSPS) is 11.2. The van der Waals surface area contributed by atoms with Crippen molar-refractivity contribution in [2.75, 3.05) is 0 Å². The van der Waals surface area contributed by atoms with E-state index in [0.29, 0.717) is 3.79 Å². The Labute approximate surface area is 122 Å². The molecule has 0 aliphatic carbocycles. The summed E-state index contributed by atoms with van der Waals surface area (Å²) in [5.41, 5.74) is 5.29. The third-order valence-corrected chi connectivity index (χ3v) is 5.44. The van der Waals surface area contributed by atoms with Crippen LogP contribution in [0.15, 0.2) is 44.4 Å². The maximum absolute atomic E-state index is 11.9. The van der Waals surface area contributed by atoms with Crippen LogP contribution in [0.5, 0.6) is 5.75 Å². The highest BCUT2D eigenvalue weighted by Crippen LogP contribution is 2.28. The van der Waals surface area contributed by atoms with E-state index in [1.54, 1.807) is 6.07 Å². The number of carbonyl (C=O) groups excluding carboxylic acids is 1. The van der Waals surface area contributed by atoms with E-state index in [0.717, 1.165) is 11.3 Å². The third-order valence-electron chi connectivity index (χ3n) is 2.12. The minimum absolute atomic E-state index is 0.0424. The van der Waals surface area contributed by atoms with Gasteiger partial charge >= 0.3 is 10.1 Å². The summed E-state index contributed by atoms with van der Waals surface area (Å²) in [6.07, 6.45) is 0. The van der Waals surface area contributed by atoms with Crippen molar-refractivity contribution in [1.29, 1.82) is 0 Å². The van der Waals surface area contributed by atoms with Gasteiger partial charge in [0, 0.05) is 5.56 Å². The molecule has 5 nitrogen and oxygen atoms in total. The lowest BCUT2D eigenvalue weighted by atomic mass is 10.2. The number of nitrogens with two attached hydrogens (primary N) is 1. The van der Waals surface area contributed by atoms with Crippen molar-refractivity contribution in [3.05, 3.63) is 45.7 Å². The zero-order valence-corrected chi connectivity index (χ0v) is 12.6. The van der Waals surface area contributed by atoms with Crippen LogP contribution >= 0.6 is 27.3 Å². The lowest BCUT2D eigenvalue weighted by Gasteiger charge is -2.05. The van der Waals surface area contributed by atoms with Gasteiger partial charge in [-0.3, -0.25) is 4.79 Å². The summed E-state index contributed by atoms with van der Waals surface area (Å²) >= 11 is 4.21. The van der Waals surface area contributed by atoms with Crippen LogP contribution in [0.25, 0.3) is 0 Å². The molecule has 1 aromatic carbocycles. The summed E-state index contributed by atoms with van der Waals surface area (Å²) in [5.74, 6) is -0.609. The minimum Gasteiger partial charge on any atom is -0.378 e. The Morgan fingerprint density at radius 1 is 1.26 bits per heavy atom. The van der Waals surface area contributed by atoms with E-state index in [4.69, 9.17) is 9.92 Å². The van der Waals surface area contributed by atoms with Gasteiger partial charge in [-0.2, -0.15) is 8.42 Å². The molecule has 0 radical (unpaired) electrons. The first-order valence-electron chi connectivity index (χ1n) is 4.98. The van der Waals surface area contributed by atoms with Crippen LogP contribution in [-0.4, -0.2) is 14.3 Å². The number of amides is 1. The molecule has 0 bridgehead atoms. The van der Waals surface area contributed by atoms with Crippen molar-refractivity contribution in [3.8, 4) is 5.75 Å². The van der Waals surface area contributed by atoms with E-state index < -0.39 is 16.0 Å². The van der Waals surface area contributed by atoms with Gasteiger partial charge in [-0.1, -0.05) is 6.07 Å².